The molecule has 3 unspecified atom stereocenters. The molecule has 0 saturated heterocycles. The van der Waals surface area contributed by atoms with Gasteiger partial charge in [-0.05, 0) is 66.6 Å². The highest BCUT2D eigenvalue weighted by atomic mass is 15.5. The van der Waals surface area contributed by atoms with Crippen LogP contribution < -0.4 is 19.6 Å². The Morgan fingerprint density at radius 1 is 0.588 bits per heavy atom. The van der Waals surface area contributed by atoms with Gasteiger partial charge in [-0.2, -0.15) is 0 Å². The molecule has 6 nitrogen and oxygen atoms in total. The first kappa shape index (κ1) is 31.1. The number of fused-ring (bicyclic) bond motifs is 5. The average Bonchev–Trinajstić information content (AvgIpc) is 3.75. The molecule has 6 heteroatoms. The van der Waals surface area contributed by atoms with Crippen LogP contribution in [0.5, 0.6) is 0 Å². The Kier molecular flexibility index (Phi) is 7.25. The lowest BCUT2D eigenvalue weighted by Crippen LogP contribution is -2.60. The number of hydrogen-bond acceptors (Lipinski definition) is 6. The fraction of sp³-hybridized carbons (Fsp3) is 0.200. The zero-order chi connectivity index (χ0) is 34.7. The molecule has 0 fully saturated rings. The van der Waals surface area contributed by atoms with E-state index >= 15 is 0 Å². The van der Waals surface area contributed by atoms with Crippen molar-refractivity contribution in [2.75, 3.05) is 19.6 Å². The summed E-state index contributed by atoms with van der Waals surface area (Å²) in [4.78, 5) is 20.3. The van der Waals surface area contributed by atoms with E-state index in [0.29, 0.717) is 0 Å². The summed E-state index contributed by atoms with van der Waals surface area (Å²) in [5.41, 5.74) is 8.53. The third-order valence-corrected chi connectivity index (χ3v) is 11.5. The van der Waals surface area contributed by atoms with Gasteiger partial charge in [0.25, 0.3) is 0 Å². The van der Waals surface area contributed by atoms with E-state index < -0.39 is 0 Å². The van der Waals surface area contributed by atoms with Gasteiger partial charge in [-0.15, -0.1) is 0 Å². The molecule has 5 aromatic carbocycles. The minimum absolute atomic E-state index is 0.0902. The molecule has 0 bridgehead atoms. The molecule has 0 amide bonds. The third kappa shape index (κ3) is 4.77. The Morgan fingerprint density at radius 2 is 1.14 bits per heavy atom. The van der Waals surface area contributed by atoms with Crippen molar-refractivity contribution >= 4 is 45.4 Å². The zero-order valence-electron chi connectivity index (χ0n) is 29.6. The van der Waals surface area contributed by atoms with Crippen molar-refractivity contribution in [3.63, 3.8) is 0 Å². The number of hydrogen-bond donors (Lipinski definition) is 0. The summed E-state index contributed by atoms with van der Waals surface area (Å²) < 4.78 is 0. The van der Waals surface area contributed by atoms with E-state index in [1.165, 1.54) is 22.5 Å². The van der Waals surface area contributed by atoms with E-state index in [1.54, 1.807) is 0 Å². The molecule has 252 valence electrons. The first-order valence-electron chi connectivity index (χ1n) is 17.9. The van der Waals surface area contributed by atoms with Crippen molar-refractivity contribution in [2.24, 2.45) is 5.41 Å². The Labute approximate surface area is 300 Å². The molecule has 1 aromatic heterocycles. The van der Waals surface area contributed by atoms with Gasteiger partial charge >= 0.3 is 0 Å². The van der Waals surface area contributed by atoms with Crippen molar-refractivity contribution in [1.82, 2.24) is 9.97 Å². The summed E-state index contributed by atoms with van der Waals surface area (Å²) in [6.45, 7) is 9.46. The van der Waals surface area contributed by atoms with Crippen molar-refractivity contribution in [1.29, 1.82) is 0 Å². The lowest BCUT2D eigenvalue weighted by atomic mass is 9.58. The molecule has 0 N–H and O–H groups in total. The summed E-state index contributed by atoms with van der Waals surface area (Å²) in [7, 11) is 0. The van der Waals surface area contributed by atoms with Crippen LogP contribution in [0.25, 0.3) is 11.0 Å². The Morgan fingerprint density at radius 3 is 1.82 bits per heavy atom. The molecule has 3 atom stereocenters. The maximum Gasteiger partial charge on any atom is 0.179 e. The number of benzene rings is 5. The van der Waals surface area contributed by atoms with Gasteiger partial charge in [0.05, 0.1) is 11.0 Å². The van der Waals surface area contributed by atoms with Gasteiger partial charge in [-0.25, -0.2) is 9.97 Å². The lowest BCUT2D eigenvalue weighted by molar-refractivity contribution is 0.169. The maximum absolute atomic E-state index is 5.30. The minimum Gasteiger partial charge on any atom is -0.325 e. The second-order valence-corrected chi connectivity index (χ2v) is 14.6. The van der Waals surface area contributed by atoms with Gasteiger partial charge in [0.15, 0.2) is 11.6 Å². The Hall–Kier alpha value is -5.88. The normalized spacial score (nSPS) is 21.7. The van der Waals surface area contributed by atoms with E-state index in [4.69, 9.17) is 9.97 Å². The van der Waals surface area contributed by atoms with Crippen LogP contribution in [0.3, 0.4) is 0 Å². The molecule has 0 saturated carbocycles. The van der Waals surface area contributed by atoms with Crippen LogP contribution in [-0.2, 0) is 5.41 Å². The zero-order valence-corrected chi connectivity index (χ0v) is 29.6. The minimum atomic E-state index is -0.286. The highest BCUT2D eigenvalue weighted by Crippen LogP contribution is 2.57. The number of aryl methyl sites for hydroxylation is 1. The number of rotatable bonds is 6. The predicted octanol–water partition coefficient (Wildman–Crippen LogP) is 10.6. The molecule has 0 spiro atoms. The van der Waals surface area contributed by atoms with Gasteiger partial charge in [-0.3, -0.25) is 0 Å². The summed E-state index contributed by atoms with van der Waals surface area (Å²) in [5, 5.41) is 0. The molecule has 9 rings (SSSR count). The van der Waals surface area contributed by atoms with Crippen molar-refractivity contribution in [3.8, 4) is 0 Å². The number of nitrogens with zero attached hydrogens (tertiary/aromatic N) is 6. The van der Waals surface area contributed by atoms with Crippen molar-refractivity contribution in [3.05, 3.63) is 169 Å². The average molecular weight is 667 g/mol. The third-order valence-electron chi connectivity index (χ3n) is 11.5. The number of para-hydroxylation sites is 6. The van der Waals surface area contributed by atoms with Crippen LogP contribution in [0.4, 0.5) is 34.4 Å². The van der Waals surface area contributed by atoms with Crippen LogP contribution in [0.2, 0.25) is 0 Å². The maximum atomic E-state index is 5.30. The van der Waals surface area contributed by atoms with Crippen LogP contribution in [0, 0.1) is 12.3 Å². The van der Waals surface area contributed by atoms with E-state index in [0.717, 1.165) is 40.5 Å². The summed E-state index contributed by atoms with van der Waals surface area (Å²) in [6.07, 6.45) is 10.2. The van der Waals surface area contributed by atoms with E-state index in [9.17, 15) is 0 Å². The Bertz CT molecular complexity index is 2300. The molecule has 3 aliphatic heterocycles. The highest BCUT2D eigenvalue weighted by molar-refractivity contribution is 5.90. The van der Waals surface area contributed by atoms with Crippen LogP contribution in [0.1, 0.15) is 38.3 Å². The van der Waals surface area contributed by atoms with Crippen molar-refractivity contribution in [2.45, 2.75) is 51.9 Å². The van der Waals surface area contributed by atoms with E-state index in [2.05, 4.69) is 193 Å². The van der Waals surface area contributed by atoms with E-state index in [-0.39, 0.29) is 23.2 Å². The quantitative estimate of drug-likeness (QED) is 0.165. The summed E-state index contributed by atoms with van der Waals surface area (Å²) in [5.74, 6) is 1.76. The van der Waals surface area contributed by atoms with Crippen LogP contribution in [0.15, 0.2) is 158 Å². The standard InChI is InChI=1S/C45H42N6/c1-32-18-11-15-26-38(32)51-40(50(34-21-9-6-10-22-34)41-42(51)47-37-25-14-13-24-36(37)46-41)28-17-29-45(4)35-23-12-16-27-39(35)49-31-30-48(43(49)44(45,2)3)33-19-7-5-8-20-33/h5-27,29-31,40,43H,28H2,1-4H3/b29-17+. The molecule has 3 aliphatic rings. The topological polar surface area (TPSA) is 38.7 Å². The summed E-state index contributed by atoms with van der Waals surface area (Å²) in [6, 6.07) is 47.1. The molecular weight excluding hydrogens is 625 g/mol. The number of allylic oxidation sites excluding steroid dienone is 1. The van der Waals surface area contributed by atoms with E-state index in [1.807, 2.05) is 12.1 Å². The smallest absolute Gasteiger partial charge is 0.179 e. The van der Waals surface area contributed by atoms with Gasteiger partial charge in [0.1, 0.15) is 12.3 Å². The number of anilines is 6. The first-order valence-corrected chi connectivity index (χ1v) is 17.9. The fourth-order valence-corrected chi connectivity index (χ4v) is 8.56. The van der Waals surface area contributed by atoms with Crippen LogP contribution in [-0.4, -0.2) is 22.3 Å². The largest absolute Gasteiger partial charge is 0.325 e. The molecular formula is C45H42N6. The Balaban J connectivity index is 1.17. The fourth-order valence-electron chi connectivity index (χ4n) is 8.56. The van der Waals surface area contributed by atoms with Gasteiger partial charge < -0.3 is 19.6 Å². The first-order chi connectivity index (χ1) is 24.9. The molecule has 0 aliphatic carbocycles. The molecule has 6 aromatic rings. The van der Waals surface area contributed by atoms with Gasteiger partial charge in [0, 0.05) is 52.4 Å². The lowest BCUT2D eigenvalue weighted by Gasteiger charge is -2.56. The van der Waals surface area contributed by atoms with Gasteiger partial charge in [0.2, 0.25) is 0 Å². The molecule has 4 heterocycles. The summed E-state index contributed by atoms with van der Waals surface area (Å²) >= 11 is 0. The van der Waals surface area contributed by atoms with Crippen LogP contribution >= 0.6 is 0 Å². The highest BCUT2D eigenvalue weighted by Gasteiger charge is 2.56. The van der Waals surface area contributed by atoms with Gasteiger partial charge in [-0.1, -0.05) is 118 Å². The second kappa shape index (κ2) is 11.9. The molecule has 51 heavy (non-hydrogen) atoms. The SMILES string of the molecule is Cc1ccccc1N1c2nc3ccccc3nc2N(c2ccccc2)C1C/C=C/C1(C)c2ccccc2N2C=CN(c3ccccc3)C2C1(C)C. The second-order valence-electron chi connectivity index (χ2n) is 14.6. The predicted molar refractivity (Wildman–Crippen MR) is 211 cm³/mol. The molecule has 0 radical (unpaired) electrons. The monoisotopic (exact) mass is 666 g/mol. The number of aromatic nitrogens is 2. The van der Waals surface area contributed by atoms with Crippen molar-refractivity contribution < 1.29 is 0 Å².